The van der Waals surface area contributed by atoms with E-state index in [0.717, 1.165) is 10.9 Å². The Bertz CT molecular complexity index is 899. The van der Waals surface area contributed by atoms with Crippen molar-refractivity contribution in [1.29, 1.82) is 0 Å². The van der Waals surface area contributed by atoms with Gasteiger partial charge in [-0.15, -0.1) is 0 Å². The SMILES string of the molecule is COc1cccnc1NC(=O)C(=O)c1c(C)[nH]c2ccccc12. The average molecular weight is 309 g/mol. The molecule has 0 atom stereocenters. The largest absolute Gasteiger partial charge is 0.493 e. The third kappa shape index (κ3) is 2.66. The second-order valence-corrected chi connectivity index (χ2v) is 5.01. The van der Waals surface area contributed by atoms with Crippen LogP contribution in [0.15, 0.2) is 42.6 Å². The smallest absolute Gasteiger partial charge is 0.298 e. The predicted octanol–water partition coefficient (Wildman–Crippen LogP) is 2.70. The molecular weight excluding hydrogens is 294 g/mol. The van der Waals surface area contributed by atoms with Crippen molar-refractivity contribution in [2.75, 3.05) is 12.4 Å². The molecule has 0 fully saturated rings. The van der Waals surface area contributed by atoms with Crippen molar-refractivity contribution >= 4 is 28.4 Å². The number of nitrogens with one attached hydrogen (secondary N) is 2. The maximum absolute atomic E-state index is 12.5. The van der Waals surface area contributed by atoms with Crippen LogP contribution in [0.4, 0.5) is 5.82 Å². The zero-order valence-corrected chi connectivity index (χ0v) is 12.7. The molecule has 2 heterocycles. The summed E-state index contributed by atoms with van der Waals surface area (Å²) >= 11 is 0. The summed E-state index contributed by atoms with van der Waals surface area (Å²) in [5.41, 5.74) is 1.84. The molecule has 6 heteroatoms. The number of anilines is 1. The quantitative estimate of drug-likeness (QED) is 0.573. The fourth-order valence-electron chi connectivity index (χ4n) is 2.50. The number of para-hydroxylation sites is 1. The second kappa shape index (κ2) is 5.92. The number of H-pyrrole nitrogens is 1. The molecule has 0 aliphatic heterocycles. The zero-order valence-electron chi connectivity index (χ0n) is 12.7. The summed E-state index contributed by atoms with van der Waals surface area (Å²) in [6, 6.07) is 10.7. The second-order valence-electron chi connectivity index (χ2n) is 5.01. The molecule has 23 heavy (non-hydrogen) atoms. The van der Waals surface area contributed by atoms with Crippen molar-refractivity contribution in [3.63, 3.8) is 0 Å². The number of rotatable bonds is 4. The summed E-state index contributed by atoms with van der Waals surface area (Å²) < 4.78 is 5.12. The van der Waals surface area contributed by atoms with Crippen LogP contribution in [0.1, 0.15) is 16.1 Å². The van der Waals surface area contributed by atoms with Crippen LogP contribution in [-0.4, -0.2) is 28.8 Å². The van der Waals surface area contributed by atoms with E-state index in [-0.39, 0.29) is 5.82 Å². The first-order chi connectivity index (χ1) is 11.1. The van der Waals surface area contributed by atoms with E-state index >= 15 is 0 Å². The number of aromatic nitrogens is 2. The van der Waals surface area contributed by atoms with Crippen LogP contribution in [0.5, 0.6) is 5.75 Å². The lowest BCUT2D eigenvalue weighted by molar-refractivity contribution is -0.112. The number of Topliss-reactive ketones (excluding diaryl/α,β-unsaturated/α-hetero) is 1. The Labute approximate surface area is 132 Å². The third-order valence-corrected chi connectivity index (χ3v) is 3.55. The van der Waals surface area contributed by atoms with Crippen LogP contribution in [0.3, 0.4) is 0 Å². The van der Waals surface area contributed by atoms with E-state index in [4.69, 9.17) is 4.74 Å². The number of ketones is 1. The highest BCUT2D eigenvalue weighted by molar-refractivity contribution is 6.48. The number of hydrogen-bond donors (Lipinski definition) is 2. The van der Waals surface area contributed by atoms with Gasteiger partial charge in [-0.25, -0.2) is 4.98 Å². The number of pyridine rings is 1. The van der Waals surface area contributed by atoms with Crippen LogP contribution in [0.25, 0.3) is 10.9 Å². The Morgan fingerprint density at radius 1 is 1.17 bits per heavy atom. The van der Waals surface area contributed by atoms with Gasteiger partial charge in [-0.3, -0.25) is 9.59 Å². The number of fused-ring (bicyclic) bond motifs is 1. The van der Waals surface area contributed by atoms with Gasteiger partial charge in [-0.2, -0.15) is 0 Å². The number of hydrogen-bond acceptors (Lipinski definition) is 4. The number of amides is 1. The van der Waals surface area contributed by atoms with Gasteiger partial charge in [0.05, 0.1) is 12.7 Å². The number of carbonyl (C=O) groups is 2. The molecule has 1 aromatic carbocycles. The van der Waals surface area contributed by atoms with Crippen LogP contribution < -0.4 is 10.1 Å². The molecule has 2 N–H and O–H groups in total. The van der Waals surface area contributed by atoms with Gasteiger partial charge < -0.3 is 15.0 Å². The normalized spacial score (nSPS) is 10.5. The van der Waals surface area contributed by atoms with Crippen molar-refractivity contribution in [2.24, 2.45) is 0 Å². The minimum absolute atomic E-state index is 0.214. The zero-order chi connectivity index (χ0) is 16.4. The molecule has 0 radical (unpaired) electrons. The molecule has 0 saturated heterocycles. The number of carbonyl (C=O) groups excluding carboxylic acids is 2. The number of nitrogens with zero attached hydrogens (tertiary/aromatic N) is 1. The summed E-state index contributed by atoms with van der Waals surface area (Å²) in [5, 5.41) is 3.22. The molecule has 3 rings (SSSR count). The highest BCUT2D eigenvalue weighted by Gasteiger charge is 2.23. The Hall–Kier alpha value is -3.15. The topological polar surface area (TPSA) is 84.1 Å². The molecule has 116 valence electrons. The van der Waals surface area contributed by atoms with Crippen molar-refractivity contribution in [3.8, 4) is 5.75 Å². The van der Waals surface area contributed by atoms with E-state index in [2.05, 4.69) is 15.3 Å². The summed E-state index contributed by atoms with van der Waals surface area (Å²) in [5.74, 6) is -0.766. The van der Waals surface area contributed by atoms with Crippen molar-refractivity contribution < 1.29 is 14.3 Å². The molecule has 3 aromatic rings. The predicted molar refractivity (Wildman–Crippen MR) is 86.8 cm³/mol. The third-order valence-electron chi connectivity index (χ3n) is 3.55. The lowest BCUT2D eigenvalue weighted by atomic mass is 10.1. The van der Waals surface area contributed by atoms with E-state index in [1.165, 1.54) is 13.3 Å². The Balaban J connectivity index is 1.93. The molecule has 0 aliphatic rings. The Morgan fingerprint density at radius 3 is 2.74 bits per heavy atom. The maximum atomic E-state index is 12.5. The number of aromatic amines is 1. The Morgan fingerprint density at radius 2 is 1.96 bits per heavy atom. The van der Waals surface area contributed by atoms with Crippen molar-refractivity contribution in [2.45, 2.75) is 6.92 Å². The summed E-state index contributed by atoms with van der Waals surface area (Å²) in [4.78, 5) is 32.0. The van der Waals surface area contributed by atoms with E-state index in [0.29, 0.717) is 17.0 Å². The first-order valence-electron chi connectivity index (χ1n) is 7.04. The van der Waals surface area contributed by atoms with Gasteiger partial charge in [0, 0.05) is 22.8 Å². The number of methoxy groups -OCH3 is 1. The number of ether oxygens (including phenoxy) is 1. The molecule has 0 spiro atoms. The summed E-state index contributed by atoms with van der Waals surface area (Å²) in [7, 11) is 1.47. The van der Waals surface area contributed by atoms with Crippen LogP contribution >= 0.6 is 0 Å². The Kier molecular flexibility index (Phi) is 3.80. The molecule has 0 aliphatic carbocycles. The molecule has 1 amide bonds. The van der Waals surface area contributed by atoms with Crippen LogP contribution in [0.2, 0.25) is 0 Å². The lowest BCUT2D eigenvalue weighted by Crippen LogP contribution is -2.24. The molecule has 0 unspecified atom stereocenters. The van der Waals surface area contributed by atoms with Crippen LogP contribution in [0, 0.1) is 6.92 Å². The van der Waals surface area contributed by atoms with Gasteiger partial charge in [0.1, 0.15) is 0 Å². The number of benzene rings is 1. The standard InChI is InChI=1S/C17H15N3O3/c1-10-14(11-6-3-4-7-12(11)19-10)15(21)17(22)20-16-13(23-2)8-5-9-18-16/h3-9,19H,1-2H3,(H,18,20,22). The first-order valence-corrected chi connectivity index (χ1v) is 7.04. The average Bonchev–Trinajstić information content (AvgIpc) is 2.90. The van der Waals surface area contributed by atoms with E-state index in [1.54, 1.807) is 25.1 Å². The van der Waals surface area contributed by atoms with Gasteiger partial charge in [0.25, 0.3) is 11.7 Å². The van der Waals surface area contributed by atoms with Crippen molar-refractivity contribution in [3.05, 3.63) is 53.9 Å². The molecule has 2 aromatic heterocycles. The minimum Gasteiger partial charge on any atom is -0.493 e. The first kappa shape index (κ1) is 14.8. The molecule has 0 saturated carbocycles. The fraction of sp³-hybridized carbons (Fsp3) is 0.118. The van der Waals surface area contributed by atoms with Crippen molar-refractivity contribution in [1.82, 2.24) is 9.97 Å². The molecule has 6 nitrogen and oxygen atoms in total. The van der Waals surface area contributed by atoms with Gasteiger partial charge >= 0.3 is 0 Å². The highest BCUT2D eigenvalue weighted by Crippen LogP contribution is 2.24. The van der Waals surface area contributed by atoms with Gasteiger partial charge in [0.2, 0.25) is 0 Å². The maximum Gasteiger partial charge on any atom is 0.298 e. The highest BCUT2D eigenvalue weighted by atomic mass is 16.5. The minimum atomic E-state index is -0.755. The van der Waals surface area contributed by atoms with Gasteiger partial charge in [-0.1, -0.05) is 18.2 Å². The van der Waals surface area contributed by atoms with E-state index in [1.807, 2.05) is 18.2 Å². The van der Waals surface area contributed by atoms with Crippen LogP contribution in [-0.2, 0) is 4.79 Å². The number of aryl methyl sites for hydroxylation is 1. The van der Waals surface area contributed by atoms with E-state index < -0.39 is 11.7 Å². The molecular formula is C17H15N3O3. The molecule has 0 bridgehead atoms. The summed E-state index contributed by atoms with van der Waals surface area (Å²) in [6.07, 6.45) is 1.51. The van der Waals surface area contributed by atoms with Gasteiger partial charge in [-0.05, 0) is 25.1 Å². The fourth-order valence-corrected chi connectivity index (χ4v) is 2.50. The lowest BCUT2D eigenvalue weighted by Gasteiger charge is -2.08. The summed E-state index contributed by atoms with van der Waals surface area (Å²) in [6.45, 7) is 1.77. The monoisotopic (exact) mass is 309 g/mol. The van der Waals surface area contributed by atoms with Gasteiger partial charge in [0.15, 0.2) is 11.6 Å². The van der Waals surface area contributed by atoms with E-state index in [9.17, 15) is 9.59 Å².